The molecular formula is C59H48. The maximum absolute atomic E-state index is 4.63. The Hall–Kier alpha value is -6.50. The highest BCUT2D eigenvalue weighted by Crippen LogP contribution is 2.60. The zero-order valence-electron chi connectivity index (χ0n) is 34.3. The molecule has 0 heteroatoms. The summed E-state index contributed by atoms with van der Waals surface area (Å²) < 4.78 is 0. The number of hydrogen-bond donors (Lipinski definition) is 0. The number of hydrogen-bond acceptors (Lipinski definition) is 0. The predicted molar refractivity (Wildman–Crippen MR) is 249 cm³/mol. The lowest BCUT2D eigenvalue weighted by Gasteiger charge is -2.29. The molecule has 4 aliphatic carbocycles. The largest absolute Gasteiger partial charge is 0.0911 e. The SMILES string of the molecule is C=C(/C=C\C)/C(=C(C)/C=C\C)c1cc(-c2ccc3c(c2)C2(CCc4ccccc42)c2ccccc2-3)cc(-c2ccc3c(c2)C2(CCc4ccccc42)c2ccccc2-3)c1. The molecule has 2 atom stereocenters. The molecule has 284 valence electrons. The minimum Gasteiger partial charge on any atom is -0.0911 e. The van der Waals surface area contributed by atoms with Gasteiger partial charge in [0.25, 0.3) is 0 Å². The van der Waals surface area contributed by atoms with Crippen molar-refractivity contribution in [3.05, 3.63) is 244 Å². The second-order valence-electron chi connectivity index (χ2n) is 17.1. The third kappa shape index (κ3) is 5.09. The highest BCUT2D eigenvalue weighted by atomic mass is 14.5. The van der Waals surface area contributed by atoms with E-state index in [1.54, 1.807) is 0 Å². The van der Waals surface area contributed by atoms with E-state index >= 15 is 0 Å². The summed E-state index contributed by atoms with van der Waals surface area (Å²) in [6.45, 7) is 11.0. The van der Waals surface area contributed by atoms with E-state index in [-0.39, 0.29) is 10.8 Å². The molecule has 0 nitrogen and oxygen atoms in total. The van der Waals surface area contributed by atoms with E-state index in [9.17, 15) is 0 Å². The minimum absolute atomic E-state index is 0.145. The molecule has 7 aromatic carbocycles. The van der Waals surface area contributed by atoms with Gasteiger partial charge in [-0.25, -0.2) is 0 Å². The van der Waals surface area contributed by atoms with E-state index in [4.69, 9.17) is 0 Å². The van der Waals surface area contributed by atoms with Gasteiger partial charge in [-0.2, -0.15) is 0 Å². The third-order valence-electron chi connectivity index (χ3n) is 14.2. The fourth-order valence-electron chi connectivity index (χ4n) is 11.8. The molecule has 0 heterocycles. The van der Waals surface area contributed by atoms with Gasteiger partial charge < -0.3 is 0 Å². The summed E-state index contributed by atoms with van der Waals surface area (Å²) in [5.74, 6) is 0. The Bertz CT molecular complexity index is 2820. The minimum atomic E-state index is -0.145. The number of aryl methyl sites for hydroxylation is 2. The molecule has 59 heavy (non-hydrogen) atoms. The van der Waals surface area contributed by atoms with E-state index in [2.05, 4.69) is 203 Å². The van der Waals surface area contributed by atoms with Gasteiger partial charge in [-0.05, 0) is 188 Å². The van der Waals surface area contributed by atoms with Gasteiger partial charge in [-0.1, -0.05) is 152 Å². The molecule has 0 fully saturated rings. The van der Waals surface area contributed by atoms with E-state index in [0.29, 0.717) is 0 Å². The lowest BCUT2D eigenvalue weighted by atomic mass is 9.73. The summed E-state index contributed by atoms with van der Waals surface area (Å²) in [6.07, 6.45) is 13.0. The van der Waals surface area contributed by atoms with Gasteiger partial charge in [-0.3, -0.25) is 0 Å². The Morgan fingerprint density at radius 1 is 0.458 bits per heavy atom. The van der Waals surface area contributed by atoms with E-state index in [1.165, 1.54) is 106 Å². The molecule has 0 bridgehead atoms. The Morgan fingerprint density at radius 2 is 0.898 bits per heavy atom. The molecule has 0 amide bonds. The average Bonchev–Trinajstić information content (AvgIpc) is 4.01. The van der Waals surface area contributed by atoms with Crippen LogP contribution in [0, 0.1) is 0 Å². The van der Waals surface area contributed by atoms with Crippen molar-refractivity contribution < 1.29 is 0 Å². The van der Waals surface area contributed by atoms with Crippen molar-refractivity contribution in [1.29, 1.82) is 0 Å². The van der Waals surface area contributed by atoms with Crippen LogP contribution in [-0.4, -0.2) is 0 Å². The smallest absolute Gasteiger partial charge is 0.0469 e. The van der Waals surface area contributed by atoms with E-state index < -0.39 is 0 Å². The number of fused-ring (bicyclic) bond motifs is 14. The van der Waals surface area contributed by atoms with Crippen molar-refractivity contribution in [2.24, 2.45) is 0 Å². The molecule has 11 rings (SSSR count). The molecule has 0 radical (unpaired) electrons. The molecule has 0 aromatic heterocycles. The molecule has 2 spiro atoms. The van der Waals surface area contributed by atoms with Crippen molar-refractivity contribution in [1.82, 2.24) is 0 Å². The zero-order valence-corrected chi connectivity index (χ0v) is 34.3. The zero-order chi connectivity index (χ0) is 39.9. The van der Waals surface area contributed by atoms with Gasteiger partial charge >= 0.3 is 0 Å². The molecule has 7 aromatic rings. The Kier molecular flexibility index (Phi) is 8.18. The van der Waals surface area contributed by atoms with Gasteiger partial charge in [-0.15, -0.1) is 0 Å². The molecule has 0 saturated carbocycles. The van der Waals surface area contributed by atoms with Crippen molar-refractivity contribution >= 4 is 5.57 Å². The number of rotatable bonds is 6. The van der Waals surface area contributed by atoms with Crippen molar-refractivity contribution in [2.75, 3.05) is 0 Å². The maximum Gasteiger partial charge on any atom is 0.0469 e. The Labute approximate surface area is 349 Å². The summed E-state index contributed by atoms with van der Waals surface area (Å²) in [5, 5.41) is 0. The van der Waals surface area contributed by atoms with Crippen LogP contribution in [0.2, 0.25) is 0 Å². The fourth-order valence-corrected chi connectivity index (χ4v) is 11.8. The monoisotopic (exact) mass is 756 g/mol. The van der Waals surface area contributed by atoms with Crippen LogP contribution >= 0.6 is 0 Å². The topological polar surface area (TPSA) is 0 Å². The second-order valence-corrected chi connectivity index (χ2v) is 17.1. The van der Waals surface area contributed by atoms with E-state index in [0.717, 1.165) is 31.3 Å². The molecule has 4 aliphatic rings. The average molecular weight is 757 g/mol. The third-order valence-corrected chi connectivity index (χ3v) is 14.2. The van der Waals surface area contributed by atoms with Gasteiger partial charge in [0.2, 0.25) is 0 Å². The first kappa shape index (κ1) is 35.6. The van der Waals surface area contributed by atoms with Gasteiger partial charge in [0.15, 0.2) is 0 Å². The van der Waals surface area contributed by atoms with Crippen LogP contribution in [-0.2, 0) is 23.7 Å². The normalized spacial score (nSPS) is 19.5. The van der Waals surface area contributed by atoms with Crippen LogP contribution in [0.5, 0.6) is 0 Å². The van der Waals surface area contributed by atoms with E-state index in [1.807, 2.05) is 0 Å². The van der Waals surface area contributed by atoms with Crippen LogP contribution in [0.25, 0.3) is 50.1 Å². The van der Waals surface area contributed by atoms with Crippen LogP contribution in [0.3, 0.4) is 0 Å². The van der Waals surface area contributed by atoms with Crippen molar-refractivity contribution in [2.45, 2.75) is 57.3 Å². The maximum atomic E-state index is 4.63. The molecule has 0 saturated heterocycles. The first-order valence-corrected chi connectivity index (χ1v) is 21.4. The standard InChI is InChI=1S/C59H48/c1-5-15-38(3)57(39(4)16-6-2)46-34-44(42-25-27-49-47-19-9-13-23-53(47)58(55(49)36-42)31-29-40-17-7-11-21-51(40)58)33-45(35-46)43-26-28-50-48-20-10-14-24-54(48)59(56(50)37-43)32-30-41-18-8-12-22-52(41)59/h5-28,33-37H,3,29-32H2,1-2,4H3/b15-5-,16-6-,57-39-. The molecule has 0 N–H and O–H groups in total. The van der Waals surface area contributed by atoms with Crippen LogP contribution in [0.1, 0.15) is 83.7 Å². The number of allylic oxidation sites excluding steroid dienone is 7. The van der Waals surface area contributed by atoms with Crippen LogP contribution in [0.15, 0.2) is 194 Å². The Balaban J connectivity index is 1.14. The van der Waals surface area contributed by atoms with Crippen molar-refractivity contribution in [3.63, 3.8) is 0 Å². The summed E-state index contributed by atoms with van der Waals surface area (Å²) in [5.41, 5.74) is 26.4. The first-order valence-electron chi connectivity index (χ1n) is 21.4. The van der Waals surface area contributed by atoms with Gasteiger partial charge in [0, 0.05) is 10.8 Å². The lowest BCUT2D eigenvalue weighted by Crippen LogP contribution is -2.23. The highest BCUT2D eigenvalue weighted by Gasteiger charge is 2.49. The highest BCUT2D eigenvalue weighted by molar-refractivity contribution is 5.93. The van der Waals surface area contributed by atoms with Gasteiger partial charge in [0.1, 0.15) is 0 Å². The fraction of sp³-hybridized carbons (Fsp3) is 0.153. The summed E-state index contributed by atoms with van der Waals surface area (Å²) in [6, 6.07) is 58.5. The second kappa shape index (κ2) is 13.5. The van der Waals surface area contributed by atoms with Crippen molar-refractivity contribution in [3.8, 4) is 44.5 Å². The predicted octanol–water partition coefficient (Wildman–Crippen LogP) is 15.0. The van der Waals surface area contributed by atoms with Crippen LogP contribution < -0.4 is 0 Å². The summed E-state index contributed by atoms with van der Waals surface area (Å²) in [4.78, 5) is 0. The van der Waals surface area contributed by atoms with Crippen LogP contribution in [0.4, 0.5) is 0 Å². The summed E-state index contributed by atoms with van der Waals surface area (Å²) in [7, 11) is 0. The quantitative estimate of drug-likeness (QED) is 0.148. The lowest BCUT2D eigenvalue weighted by molar-refractivity contribution is 0.626. The Morgan fingerprint density at radius 3 is 1.39 bits per heavy atom. The molecule has 0 aliphatic heterocycles. The molecule has 2 unspecified atom stereocenters. The first-order chi connectivity index (χ1) is 29.0. The summed E-state index contributed by atoms with van der Waals surface area (Å²) >= 11 is 0. The number of benzene rings is 7. The van der Waals surface area contributed by atoms with Gasteiger partial charge in [0.05, 0.1) is 0 Å². The molecular weight excluding hydrogens is 709 g/mol.